The van der Waals surface area contributed by atoms with Crippen molar-refractivity contribution in [1.29, 1.82) is 0 Å². The van der Waals surface area contributed by atoms with Crippen LogP contribution in [0.1, 0.15) is 18.4 Å². The summed E-state index contributed by atoms with van der Waals surface area (Å²) in [6.07, 6.45) is 1.80. The van der Waals surface area contributed by atoms with Gasteiger partial charge in [0, 0.05) is 25.9 Å². The second-order valence-corrected chi connectivity index (χ2v) is 5.95. The van der Waals surface area contributed by atoms with Crippen LogP contribution in [-0.2, 0) is 20.9 Å². The zero-order valence-electron chi connectivity index (χ0n) is 14.1. The molecule has 1 heterocycles. The Hall–Kier alpha value is -1.96. The van der Waals surface area contributed by atoms with Gasteiger partial charge in [0.1, 0.15) is 0 Å². The van der Waals surface area contributed by atoms with Gasteiger partial charge in [-0.3, -0.25) is 14.5 Å². The highest BCUT2D eigenvalue weighted by Crippen LogP contribution is 2.21. The number of nitrogens with zero attached hydrogens (tertiary/aromatic N) is 1. The van der Waals surface area contributed by atoms with Gasteiger partial charge in [0.25, 0.3) is 0 Å². The van der Waals surface area contributed by atoms with Gasteiger partial charge in [-0.05, 0) is 37.1 Å². The molecule has 1 aliphatic rings. The molecule has 0 radical (unpaired) electrons. The SMILES string of the molecule is COCCNCC(=O)Nc1cccc(CN2CCCC2C(N)=O)c1. The number of methoxy groups -OCH3 is 1. The minimum Gasteiger partial charge on any atom is -0.383 e. The molecule has 4 N–H and O–H groups in total. The van der Waals surface area contributed by atoms with Crippen molar-refractivity contribution in [2.45, 2.75) is 25.4 Å². The number of benzene rings is 1. The number of rotatable bonds is 9. The fourth-order valence-corrected chi connectivity index (χ4v) is 2.90. The quantitative estimate of drug-likeness (QED) is 0.565. The average molecular weight is 334 g/mol. The maximum Gasteiger partial charge on any atom is 0.238 e. The summed E-state index contributed by atoms with van der Waals surface area (Å²) in [6, 6.07) is 7.49. The molecular formula is C17H26N4O3. The van der Waals surface area contributed by atoms with E-state index in [1.54, 1.807) is 7.11 Å². The number of ether oxygens (including phenoxy) is 1. The van der Waals surface area contributed by atoms with Crippen molar-refractivity contribution in [2.75, 3.05) is 38.7 Å². The van der Waals surface area contributed by atoms with Crippen LogP contribution in [0.5, 0.6) is 0 Å². The van der Waals surface area contributed by atoms with Gasteiger partial charge in [-0.15, -0.1) is 0 Å². The van der Waals surface area contributed by atoms with Crippen molar-refractivity contribution < 1.29 is 14.3 Å². The minimum absolute atomic E-state index is 0.0977. The number of amides is 2. The second-order valence-electron chi connectivity index (χ2n) is 5.95. The Morgan fingerprint density at radius 2 is 2.25 bits per heavy atom. The van der Waals surface area contributed by atoms with Gasteiger partial charge in [-0.1, -0.05) is 12.1 Å². The van der Waals surface area contributed by atoms with Gasteiger partial charge in [-0.2, -0.15) is 0 Å². The summed E-state index contributed by atoms with van der Waals surface area (Å²) >= 11 is 0. The molecule has 0 bridgehead atoms. The van der Waals surface area contributed by atoms with Crippen molar-refractivity contribution >= 4 is 17.5 Å². The van der Waals surface area contributed by atoms with E-state index in [-0.39, 0.29) is 24.4 Å². The highest BCUT2D eigenvalue weighted by atomic mass is 16.5. The molecule has 1 fully saturated rings. The monoisotopic (exact) mass is 334 g/mol. The fraction of sp³-hybridized carbons (Fsp3) is 0.529. The molecule has 132 valence electrons. The number of nitrogens with two attached hydrogens (primary N) is 1. The predicted molar refractivity (Wildman–Crippen MR) is 92.4 cm³/mol. The highest BCUT2D eigenvalue weighted by Gasteiger charge is 2.28. The summed E-state index contributed by atoms with van der Waals surface area (Å²) in [4.78, 5) is 25.4. The maximum atomic E-state index is 11.9. The molecule has 2 amide bonds. The fourth-order valence-electron chi connectivity index (χ4n) is 2.90. The molecule has 0 spiro atoms. The Kier molecular flexibility index (Phi) is 7.17. The number of primary amides is 1. The zero-order valence-corrected chi connectivity index (χ0v) is 14.1. The molecule has 7 nitrogen and oxygen atoms in total. The topological polar surface area (TPSA) is 96.7 Å². The van der Waals surface area contributed by atoms with Crippen molar-refractivity contribution in [3.63, 3.8) is 0 Å². The Morgan fingerprint density at radius 1 is 1.42 bits per heavy atom. The van der Waals surface area contributed by atoms with Crippen LogP contribution in [-0.4, -0.2) is 56.1 Å². The molecule has 7 heteroatoms. The molecule has 1 saturated heterocycles. The summed E-state index contributed by atoms with van der Waals surface area (Å²) in [5.74, 6) is -0.362. The zero-order chi connectivity index (χ0) is 17.4. The van der Waals surface area contributed by atoms with Crippen LogP contribution in [0.2, 0.25) is 0 Å². The van der Waals surface area contributed by atoms with Crippen molar-refractivity contribution in [1.82, 2.24) is 10.2 Å². The lowest BCUT2D eigenvalue weighted by molar-refractivity contribution is -0.122. The van der Waals surface area contributed by atoms with Crippen molar-refractivity contribution in [3.8, 4) is 0 Å². The first-order valence-corrected chi connectivity index (χ1v) is 8.22. The van der Waals surface area contributed by atoms with E-state index in [4.69, 9.17) is 10.5 Å². The number of hydrogen-bond donors (Lipinski definition) is 3. The van der Waals surface area contributed by atoms with E-state index < -0.39 is 0 Å². The Labute approximate surface area is 142 Å². The molecule has 1 atom stereocenters. The first kappa shape index (κ1) is 18.4. The summed E-state index contributed by atoms with van der Waals surface area (Å²) in [6.45, 7) is 2.97. The van der Waals surface area contributed by atoms with Gasteiger partial charge in [0.2, 0.25) is 11.8 Å². The van der Waals surface area contributed by atoms with E-state index in [0.717, 1.165) is 30.6 Å². The third-order valence-corrected chi connectivity index (χ3v) is 4.06. The van der Waals surface area contributed by atoms with Gasteiger partial charge >= 0.3 is 0 Å². The first-order valence-electron chi connectivity index (χ1n) is 8.22. The normalized spacial score (nSPS) is 17.8. The van der Waals surface area contributed by atoms with Gasteiger partial charge in [-0.25, -0.2) is 0 Å². The lowest BCUT2D eigenvalue weighted by Gasteiger charge is -2.22. The molecule has 0 aromatic heterocycles. The summed E-state index contributed by atoms with van der Waals surface area (Å²) in [5.41, 5.74) is 7.25. The van der Waals surface area contributed by atoms with Crippen molar-refractivity contribution in [2.24, 2.45) is 5.73 Å². The second kappa shape index (κ2) is 9.36. The number of nitrogens with one attached hydrogen (secondary N) is 2. The number of likely N-dealkylation sites (tertiary alicyclic amines) is 1. The van der Waals surface area contributed by atoms with E-state index >= 15 is 0 Å². The molecule has 0 aliphatic carbocycles. The highest BCUT2D eigenvalue weighted by molar-refractivity contribution is 5.92. The van der Waals surface area contributed by atoms with Gasteiger partial charge in [0.15, 0.2) is 0 Å². The molecule has 1 aliphatic heterocycles. The van der Waals surface area contributed by atoms with E-state index in [2.05, 4.69) is 15.5 Å². The lowest BCUT2D eigenvalue weighted by atomic mass is 10.1. The number of anilines is 1. The molecule has 2 rings (SSSR count). The summed E-state index contributed by atoms with van der Waals surface area (Å²) in [5, 5.41) is 5.87. The smallest absolute Gasteiger partial charge is 0.238 e. The van der Waals surface area contributed by atoms with Crippen LogP contribution in [0.15, 0.2) is 24.3 Å². The van der Waals surface area contributed by atoms with Crippen LogP contribution in [0, 0.1) is 0 Å². The largest absolute Gasteiger partial charge is 0.383 e. The molecule has 1 aromatic rings. The lowest BCUT2D eigenvalue weighted by Crippen LogP contribution is -2.39. The summed E-state index contributed by atoms with van der Waals surface area (Å²) in [7, 11) is 1.62. The molecule has 0 saturated carbocycles. The summed E-state index contributed by atoms with van der Waals surface area (Å²) < 4.78 is 4.91. The van der Waals surface area contributed by atoms with Crippen LogP contribution in [0.25, 0.3) is 0 Å². The third kappa shape index (κ3) is 5.59. The predicted octanol–water partition coefficient (Wildman–Crippen LogP) is 0.311. The van der Waals surface area contributed by atoms with Crippen LogP contribution < -0.4 is 16.4 Å². The first-order chi connectivity index (χ1) is 11.6. The number of carbonyl (C=O) groups excluding carboxylic acids is 2. The number of hydrogen-bond acceptors (Lipinski definition) is 5. The molecule has 1 aromatic carbocycles. The third-order valence-electron chi connectivity index (χ3n) is 4.06. The molecular weight excluding hydrogens is 308 g/mol. The Morgan fingerprint density at radius 3 is 3.00 bits per heavy atom. The van der Waals surface area contributed by atoms with Crippen LogP contribution >= 0.6 is 0 Å². The number of carbonyl (C=O) groups is 2. The standard InChI is InChI=1S/C17H26N4O3/c1-24-9-7-19-11-16(22)20-14-5-2-4-13(10-14)12-21-8-3-6-15(21)17(18)23/h2,4-5,10,15,19H,3,6-9,11-12H2,1H3,(H2,18,23)(H,20,22). The van der Waals surface area contributed by atoms with E-state index in [0.29, 0.717) is 19.7 Å². The van der Waals surface area contributed by atoms with Crippen LogP contribution in [0.3, 0.4) is 0 Å². The van der Waals surface area contributed by atoms with E-state index in [1.165, 1.54) is 0 Å². The van der Waals surface area contributed by atoms with Crippen molar-refractivity contribution in [3.05, 3.63) is 29.8 Å². The Bertz CT molecular complexity index is 565. The van der Waals surface area contributed by atoms with Gasteiger partial charge in [0.05, 0.1) is 19.2 Å². The maximum absolute atomic E-state index is 11.9. The average Bonchev–Trinajstić information content (AvgIpc) is 3.00. The minimum atomic E-state index is -0.265. The Balaban J connectivity index is 1.87. The molecule has 1 unspecified atom stereocenters. The van der Waals surface area contributed by atoms with E-state index in [1.807, 2.05) is 24.3 Å². The van der Waals surface area contributed by atoms with E-state index in [9.17, 15) is 9.59 Å². The van der Waals surface area contributed by atoms with Crippen LogP contribution in [0.4, 0.5) is 5.69 Å². The molecule has 24 heavy (non-hydrogen) atoms. The van der Waals surface area contributed by atoms with Gasteiger partial charge < -0.3 is 21.1 Å².